The van der Waals surface area contributed by atoms with Crippen molar-refractivity contribution in [2.24, 2.45) is 14.1 Å². The summed E-state index contributed by atoms with van der Waals surface area (Å²) in [7, 11) is 2.87. The van der Waals surface area contributed by atoms with E-state index in [0.717, 1.165) is 4.57 Å². The molecule has 0 aliphatic rings. The smallest absolute Gasteiger partial charge is 0.332 e. The average Bonchev–Trinajstić information content (AvgIpc) is 3.03. The van der Waals surface area contributed by atoms with E-state index in [0.29, 0.717) is 6.42 Å². The molecule has 3 aromatic rings. The van der Waals surface area contributed by atoms with Crippen LogP contribution in [0.1, 0.15) is 18.9 Å². The van der Waals surface area contributed by atoms with Gasteiger partial charge in [-0.3, -0.25) is 18.5 Å². The van der Waals surface area contributed by atoms with Gasteiger partial charge in [0.1, 0.15) is 5.82 Å². The molecule has 150 valence electrons. The van der Waals surface area contributed by atoms with Gasteiger partial charge in [0, 0.05) is 24.7 Å². The van der Waals surface area contributed by atoms with Crippen LogP contribution in [-0.4, -0.2) is 36.4 Å². The second-order valence-corrected chi connectivity index (χ2v) is 6.94. The van der Waals surface area contributed by atoms with Crippen LogP contribution in [0.15, 0.2) is 27.8 Å². The normalized spacial score (nSPS) is 12.5. The third kappa shape index (κ3) is 3.31. The van der Waals surface area contributed by atoms with Crippen LogP contribution in [0.25, 0.3) is 11.2 Å². The molecule has 0 bridgehead atoms. The van der Waals surface area contributed by atoms with Crippen molar-refractivity contribution in [1.29, 1.82) is 0 Å². The molecule has 8 nitrogen and oxygen atoms in total. The number of anilines is 1. The Morgan fingerprint density at radius 2 is 2.00 bits per heavy atom. The number of halogens is 2. The van der Waals surface area contributed by atoms with E-state index in [2.05, 4.69) is 10.3 Å². The predicted molar refractivity (Wildman–Crippen MR) is 106 cm³/mol. The minimum absolute atomic E-state index is 0.0698. The number of aliphatic hydroxyl groups excluding tert-OH is 1. The van der Waals surface area contributed by atoms with Crippen LogP contribution in [-0.2, 0) is 20.6 Å². The highest BCUT2D eigenvalue weighted by atomic mass is 35.5. The van der Waals surface area contributed by atoms with Crippen LogP contribution in [0, 0.1) is 5.82 Å². The van der Waals surface area contributed by atoms with E-state index in [1.54, 1.807) is 6.07 Å². The molecule has 0 amide bonds. The number of aliphatic hydroxyl groups is 1. The van der Waals surface area contributed by atoms with Gasteiger partial charge in [-0.15, -0.1) is 0 Å². The van der Waals surface area contributed by atoms with Crippen LogP contribution < -0.4 is 16.6 Å². The molecule has 2 heterocycles. The molecule has 0 spiro atoms. The number of benzene rings is 1. The van der Waals surface area contributed by atoms with Gasteiger partial charge < -0.3 is 10.4 Å². The lowest BCUT2D eigenvalue weighted by molar-refractivity contribution is 0.271. The number of hydrogen-bond acceptors (Lipinski definition) is 5. The van der Waals surface area contributed by atoms with Gasteiger partial charge in [0.2, 0.25) is 5.95 Å². The van der Waals surface area contributed by atoms with Gasteiger partial charge in [0.05, 0.1) is 19.2 Å². The van der Waals surface area contributed by atoms with Crippen molar-refractivity contribution in [2.45, 2.75) is 25.9 Å². The Morgan fingerprint density at radius 1 is 1.29 bits per heavy atom. The van der Waals surface area contributed by atoms with E-state index >= 15 is 0 Å². The lowest BCUT2D eigenvalue weighted by Gasteiger charge is -2.17. The van der Waals surface area contributed by atoms with E-state index in [9.17, 15) is 19.1 Å². The van der Waals surface area contributed by atoms with Gasteiger partial charge in [-0.05, 0) is 18.6 Å². The van der Waals surface area contributed by atoms with Crippen LogP contribution >= 0.6 is 11.6 Å². The number of nitrogens with one attached hydrogen (secondary N) is 1. The highest BCUT2D eigenvalue weighted by Crippen LogP contribution is 2.24. The van der Waals surface area contributed by atoms with Crippen molar-refractivity contribution in [1.82, 2.24) is 18.7 Å². The van der Waals surface area contributed by atoms with Gasteiger partial charge in [0.25, 0.3) is 5.56 Å². The number of imidazole rings is 1. The van der Waals surface area contributed by atoms with Gasteiger partial charge in [-0.1, -0.05) is 24.6 Å². The number of rotatable bonds is 6. The topological polar surface area (TPSA) is 94.1 Å². The van der Waals surface area contributed by atoms with E-state index in [4.69, 9.17) is 11.6 Å². The van der Waals surface area contributed by atoms with Crippen molar-refractivity contribution in [3.8, 4) is 0 Å². The zero-order chi connectivity index (χ0) is 20.6. The lowest BCUT2D eigenvalue weighted by Crippen LogP contribution is -2.37. The predicted octanol–water partition coefficient (Wildman–Crippen LogP) is 1.46. The number of aryl methyl sites for hydroxylation is 1. The van der Waals surface area contributed by atoms with Gasteiger partial charge in [-0.2, -0.15) is 4.98 Å². The number of fused-ring (bicyclic) bond motifs is 1. The highest BCUT2D eigenvalue weighted by Gasteiger charge is 2.22. The summed E-state index contributed by atoms with van der Waals surface area (Å²) >= 11 is 6.17. The molecule has 3 rings (SSSR count). The lowest BCUT2D eigenvalue weighted by atomic mass is 10.2. The van der Waals surface area contributed by atoms with Crippen molar-refractivity contribution >= 4 is 28.7 Å². The quantitative estimate of drug-likeness (QED) is 0.642. The molecular formula is C18H21ClFN5O3. The van der Waals surface area contributed by atoms with E-state index in [-0.39, 0.29) is 46.9 Å². The molecule has 1 aromatic carbocycles. The molecule has 2 aromatic heterocycles. The molecule has 1 atom stereocenters. The monoisotopic (exact) mass is 409 g/mol. The van der Waals surface area contributed by atoms with Crippen LogP contribution in [0.5, 0.6) is 0 Å². The molecule has 28 heavy (non-hydrogen) atoms. The molecule has 0 aliphatic heterocycles. The first-order chi connectivity index (χ1) is 13.3. The van der Waals surface area contributed by atoms with Crippen molar-refractivity contribution in [3.05, 3.63) is 55.4 Å². The number of aromatic nitrogens is 4. The summed E-state index contributed by atoms with van der Waals surface area (Å²) in [5.41, 5.74) is -0.579. The summed E-state index contributed by atoms with van der Waals surface area (Å²) in [4.78, 5) is 29.5. The first-order valence-corrected chi connectivity index (χ1v) is 9.14. The fourth-order valence-corrected chi connectivity index (χ4v) is 3.23. The zero-order valence-corrected chi connectivity index (χ0v) is 16.5. The van der Waals surface area contributed by atoms with E-state index in [1.807, 2.05) is 6.92 Å². The Morgan fingerprint density at radius 3 is 2.61 bits per heavy atom. The second-order valence-electron chi connectivity index (χ2n) is 6.53. The van der Waals surface area contributed by atoms with Crippen molar-refractivity contribution < 1.29 is 9.50 Å². The first-order valence-electron chi connectivity index (χ1n) is 8.76. The standard InChI is InChI=1S/C18H21ClFN5O3/c1-4-10(9-26)21-17-22-15-14(16(27)24(3)18(28)23(15)2)25(17)8-11-12(19)6-5-7-13(11)20/h5-7,10,26H,4,8-9H2,1-3H3,(H,21,22)/t10-/m0/s1. The summed E-state index contributed by atoms with van der Waals surface area (Å²) in [6.07, 6.45) is 0.594. The fourth-order valence-electron chi connectivity index (χ4n) is 3.01. The number of nitrogens with zero attached hydrogens (tertiary/aromatic N) is 4. The maximum atomic E-state index is 14.4. The van der Waals surface area contributed by atoms with Crippen molar-refractivity contribution in [2.75, 3.05) is 11.9 Å². The van der Waals surface area contributed by atoms with Crippen molar-refractivity contribution in [3.63, 3.8) is 0 Å². The second kappa shape index (κ2) is 7.76. The van der Waals surface area contributed by atoms with E-state index < -0.39 is 17.1 Å². The average molecular weight is 410 g/mol. The fraction of sp³-hybridized carbons (Fsp3) is 0.389. The zero-order valence-electron chi connectivity index (χ0n) is 15.7. The Bertz CT molecular complexity index is 1130. The SMILES string of the molecule is CC[C@@H](CO)Nc1nc2c(c(=O)n(C)c(=O)n2C)n1Cc1c(F)cccc1Cl. The molecular weight excluding hydrogens is 389 g/mol. The molecule has 0 unspecified atom stereocenters. The van der Waals surface area contributed by atoms with Gasteiger partial charge >= 0.3 is 5.69 Å². The molecule has 0 saturated carbocycles. The third-order valence-electron chi connectivity index (χ3n) is 4.77. The summed E-state index contributed by atoms with van der Waals surface area (Å²) in [6.45, 7) is 1.65. The van der Waals surface area contributed by atoms with Crippen LogP contribution in [0.4, 0.5) is 10.3 Å². The Balaban J connectivity index is 2.31. The molecule has 0 aliphatic carbocycles. The largest absolute Gasteiger partial charge is 0.394 e. The number of hydrogen-bond donors (Lipinski definition) is 2. The van der Waals surface area contributed by atoms with Crippen LogP contribution in [0.3, 0.4) is 0 Å². The van der Waals surface area contributed by atoms with Gasteiger partial charge in [-0.25, -0.2) is 9.18 Å². The summed E-state index contributed by atoms with van der Waals surface area (Å²) < 4.78 is 18.1. The molecule has 2 N–H and O–H groups in total. The Hall–Kier alpha value is -2.65. The molecule has 0 radical (unpaired) electrons. The Labute approximate surface area is 164 Å². The first kappa shape index (κ1) is 20.1. The Kier molecular flexibility index (Phi) is 5.57. The molecule has 0 fully saturated rings. The van der Waals surface area contributed by atoms with E-state index in [1.165, 1.54) is 35.4 Å². The maximum absolute atomic E-state index is 14.4. The molecule has 10 heteroatoms. The minimum Gasteiger partial charge on any atom is -0.394 e. The summed E-state index contributed by atoms with van der Waals surface area (Å²) in [5.74, 6) is -0.273. The minimum atomic E-state index is -0.553. The van der Waals surface area contributed by atoms with Gasteiger partial charge in [0.15, 0.2) is 11.2 Å². The van der Waals surface area contributed by atoms with Crippen LogP contribution in [0.2, 0.25) is 5.02 Å². The third-order valence-corrected chi connectivity index (χ3v) is 5.13. The maximum Gasteiger partial charge on any atom is 0.332 e. The summed E-state index contributed by atoms with van der Waals surface area (Å²) in [5, 5.41) is 12.8. The summed E-state index contributed by atoms with van der Waals surface area (Å²) in [6, 6.07) is 4.01. The molecule has 0 saturated heterocycles. The highest BCUT2D eigenvalue weighted by molar-refractivity contribution is 6.31.